The van der Waals surface area contributed by atoms with Gasteiger partial charge in [0.25, 0.3) is 0 Å². The molecule has 236 valence electrons. The third-order valence-electron chi connectivity index (χ3n) is 8.05. The lowest BCUT2D eigenvalue weighted by Crippen LogP contribution is -2.71. The van der Waals surface area contributed by atoms with Crippen LogP contribution in [0.1, 0.15) is 39.0 Å². The summed E-state index contributed by atoms with van der Waals surface area (Å²) in [7, 11) is 0. The second-order valence-electron chi connectivity index (χ2n) is 10.8. The quantitative estimate of drug-likeness (QED) is 0.0953. The average Bonchev–Trinajstić information content (AvgIpc) is 2.95. The standard InChI is InChI=1S/C24H47N3O13/c1-2-3-4-5-6-24(9-30)20(34)17(33)14(27)23(40-24)39-19-11(8-29)37-22(13(26)16(19)32)38-18-10(7-28)36-21(35)12(25)15(18)31/h10-23,28-35H,2-9,25-27H2,1H3/t10-,11-,12-,13-,14-,15-,16-,17-,18?,19?,20+,21-,22+,23+,24-/m1/s1. The maximum absolute atomic E-state index is 11.1. The fraction of sp³-hybridized carbons (Fsp3) is 1.00. The summed E-state index contributed by atoms with van der Waals surface area (Å²) in [6.45, 7) is 0.0443. The van der Waals surface area contributed by atoms with Crippen molar-refractivity contribution in [1.29, 1.82) is 0 Å². The second kappa shape index (κ2) is 14.7. The number of nitrogens with two attached hydrogens (primary N) is 3. The highest BCUT2D eigenvalue weighted by molar-refractivity contribution is 5.03. The zero-order valence-electron chi connectivity index (χ0n) is 22.6. The summed E-state index contributed by atoms with van der Waals surface area (Å²) >= 11 is 0. The van der Waals surface area contributed by atoms with Gasteiger partial charge in [-0.3, -0.25) is 0 Å². The largest absolute Gasteiger partial charge is 0.394 e. The fourth-order valence-corrected chi connectivity index (χ4v) is 5.41. The Morgan fingerprint density at radius 3 is 1.82 bits per heavy atom. The molecule has 40 heavy (non-hydrogen) atoms. The number of aliphatic hydroxyl groups excluding tert-OH is 8. The Bertz CT molecular complexity index is 770. The van der Waals surface area contributed by atoms with Gasteiger partial charge < -0.3 is 81.7 Å². The molecule has 16 nitrogen and oxygen atoms in total. The summed E-state index contributed by atoms with van der Waals surface area (Å²) in [5.41, 5.74) is 16.4. The van der Waals surface area contributed by atoms with Crippen LogP contribution in [-0.4, -0.2) is 152 Å². The van der Waals surface area contributed by atoms with Crippen LogP contribution in [0.5, 0.6) is 0 Å². The highest BCUT2D eigenvalue weighted by Gasteiger charge is 2.55. The van der Waals surface area contributed by atoms with E-state index in [9.17, 15) is 40.9 Å². The van der Waals surface area contributed by atoms with Crippen molar-refractivity contribution >= 4 is 0 Å². The molecular formula is C24H47N3O13. The van der Waals surface area contributed by atoms with Crippen LogP contribution in [0.15, 0.2) is 0 Å². The summed E-state index contributed by atoms with van der Waals surface area (Å²) in [5.74, 6) is 0. The van der Waals surface area contributed by atoms with E-state index in [0.717, 1.165) is 19.3 Å². The van der Waals surface area contributed by atoms with Gasteiger partial charge in [0.1, 0.15) is 54.4 Å². The van der Waals surface area contributed by atoms with E-state index in [4.69, 9.17) is 40.9 Å². The summed E-state index contributed by atoms with van der Waals surface area (Å²) in [5, 5.41) is 82.6. The number of rotatable bonds is 12. The highest BCUT2D eigenvalue weighted by Crippen LogP contribution is 2.36. The lowest BCUT2D eigenvalue weighted by Gasteiger charge is -2.51. The molecule has 14 N–H and O–H groups in total. The lowest BCUT2D eigenvalue weighted by atomic mass is 9.82. The second-order valence-corrected chi connectivity index (χ2v) is 10.8. The predicted molar refractivity (Wildman–Crippen MR) is 135 cm³/mol. The van der Waals surface area contributed by atoms with Gasteiger partial charge in [0.15, 0.2) is 18.9 Å². The highest BCUT2D eigenvalue weighted by atomic mass is 16.7. The van der Waals surface area contributed by atoms with E-state index >= 15 is 0 Å². The van der Waals surface area contributed by atoms with Crippen molar-refractivity contribution in [3.63, 3.8) is 0 Å². The van der Waals surface area contributed by atoms with Gasteiger partial charge in [-0.15, -0.1) is 0 Å². The lowest BCUT2D eigenvalue weighted by molar-refractivity contribution is -0.361. The van der Waals surface area contributed by atoms with Gasteiger partial charge in [-0.2, -0.15) is 0 Å². The topological polar surface area (TPSA) is 286 Å². The van der Waals surface area contributed by atoms with Crippen LogP contribution in [0.3, 0.4) is 0 Å². The molecule has 0 aromatic heterocycles. The SMILES string of the molecule is CCCCCC[C@]1(CO)O[C@H](OC2[C@@H](CO)O[C@@H](OC3[C@@H](CO)O[C@@H](O)[C@H](N)[C@H]3O)[C@H](N)[C@H]2O)[C@H](N)[C@@H](O)[C@@H]1O. The molecule has 3 heterocycles. The molecule has 0 spiro atoms. The number of ether oxygens (including phenoxy) is 5. The Kier molecular flexibility index (Phi) is 12.4. The average molecular weight is 586 g/mol. The molecule has 0 bridgehead atoms. The van der Waals surface area contributed by atoms with Crippen molar-refractivity contribution in [3.05, 3.63) is 0 Å². The van der Waals surface area contributed by atoms with Crippen molar-refractivity contribution in [2.24, 2.45) is 17.2 Å². The van der Waals surface area contributed by atoms with Crippen LogP contribution < -0.4 is 17.2 Å². The van der Waals surface area contributed by atoms with E-state index in [2.05, 4.69) is 0 Å². The maximum atomic E-state index is 11.1. The van der Waals surface area contributed by atoms with Crippen LogP contribution in [0.2, 0.25) is 0 Å². The van der Waals surface area contributed by atoms with Crippen LogP contribution in [0, 0.1) is 0 Å². The molecule has 3 aliphatic rings. The number of aliphatic hydroxyl groups is 8. The molecular weight excluding hydrogens is 538 g/mol. The van der Waals surface area contributed by atoms with Crippen molar-refractivity contribution in [2.45, 2.75) is 130 Å². The number of hydrogen-bond acceptors (Lipinski definition) is 16. The Labute approximate surface area is 232 Å². The summed E-state index contributed by atoms with van der Waals surface area (Å²) in [6, 6.07) is -3.91. The molecule has 0 saturated carbocycles. The van der Waals surface area contributed by atoms with E-state index < -0.39 is 111 Å². The van der Waals surface area contributed by atoms with E-state index in [1.807, 2.05) is 6.92 Å². The van der Waals surface area contributed by atoms with E-state index in [1.165, 1.54) is 0 Å². The molecule has 0 aliphatic carbocycles. The van der Waals surface area contributed by atoms with Gasteiger partial charge >= 0.3 is 0 Å². The Morgan fingerprint density at radius 2 is 1.25 bits per heavy atom. The van der Waals surface area contributed by atoms with E-state index in [1.54, 1.807) is 0 Å². The van der Waals surface area contributed by atoms with E-state index in [0.29, 0.717) is 6.42 Å². The summed E-state index contributed by atoms with van der Waals surface area (Å²) in [4.78, 5) is 0. The minimum Gasteiger partial charge on any atom is -0.394 e. The predicted octanol–water partition coefficient (Wildman–Crippen LogP) is -5.33. The molecule has 0 radical (unpaired) electrons. The van der Waals surface area contributed by atoms with E-state index in [-0.39, 0.29) is 6.42 Å². The van der Waals surface area contributed by atoms with Crippen molar-refractivity contribution in [1.82, 2.24) is 0 Å². The molecule has 3 saturated heterocycles. The summed E-state index contributed by atoms with van der Waals surface area (Å²) < 4.78 is 28.5. The minimum atomic E-state index is -1.59. The first-order chi connectivity index (χ1) is 19.0. The molecule has 3 fully saturated rings. The van der Waals surface area contributed by atoms with Gasteiger partial charge in [0.2, 0.25) is 0 Å². The van der Waals surface area contributed by atoms with Crippen LogP contribution in [0.4, 0.5) is 0 Å². The molecule has 0 aromatic rings. The number of unbranched alkanes of at least 4 members (excludes halogenated alkanes) is 3. The molecule has 0 amide bonds. The Morgan fingerprint density at radius 1 is 0.700 bits per heavy atom. The zero-order chi connectivity index (χ0) is 29.8. The third-order valence-corrected chi connectivity index (χ3v) is 8.05. The fourth-order valence-electron chi connectivity index (χ4n) is 5.41. The molecule has 16 heteroatoms. The van der Waals surface area contributed by atoms with Gasteiger partial charge in [0.05, 0.1) is 37.9 Å². The Hall–Kier alpha value is -0.640. The first-order valence-electron chi connectivity index (χ1n) is 13.8. The molecule has 0 aromatic carbocycles. The van der Waals surface area contributed by atoms with Gasteiger partial charge in [-0.1, -0.05) is 32.6 Å². The molecule has 3 aliphatic heterocycles. The van der Waals surface area contributed by atoms with Gasteiger partial charge in [-0.25, -0.2) is 0 Å². The minimum absolute atomic E-state index is 0.200. The third kappa shape index (κ3) is 6.94. The monoisotopic (exact) mass is 585 g/mol. The van der Waals surface area contributed by atoms with Crippen LogP contribution in [-0.2, 0) is 23.7 Å². The van der Waals surface area contributed by atoms with Crippen LogP contribution in [0.25, 0.3) is 0 Å². The van der Waals surface area contributed by atoms with Crippen molar-refractivity contribution in [3.8, 4) is 0 Å². The smallest absolute Gasteiger partial charge is 0.176 e. The summed E-state index contributed by atoms with van der Waals surface area (Å²) in [6.07, 6.45) is -12.2. The van der Waals surface area contributed by atoms with Crippen LogP contribution >= 0.6 is 0 Å². The normalized spacial score (nSPS) is 48.3. The molecule has 3 rings (SSSR count). The Balaban J connectivity index is 1.74. The van der Waals surface area contributed by atoms with Gasteiger partial charge in [-0.05, 0) is 6.42 Å². The van der Waals surface area contributed by atoms with Gasteiger partial charge in [0, 0.05) is 0 Å². The zero-order valence-corrected chi connectivity index (χ0v) is 22.6. The van der Waals surface area contributed by atoms with Crippen molar-refractivity contribution < 1.29 is 64.5 Å². The molecule has 15 atom stereocenters. The number of hydrogen-bond donors (Lipinski definition) is 11. The van der Waals surface area contributed by atoms with Crippen molar-refractivity contribution in [2.75, 3.05) is 19.8 Å². The molecule has 2 unspecified atom stereocenters. The first kappa shape index (κ1) is 33.9. The first-order valence-corrected chi connectivity index (χ1v) is 13.8. The maximum Gasteiger partial charge on any atom is 0.176 e.